The molecule has 102 valence electrons. The third-order valence-corrected chi connectivity index (χ3v) is 3.29. The minimum absolute atomic E-state index is 0. The summed E-state index contributed by atoms with van der Waals surface area (Å²) in [5, 5.41) is 1.01. The Balaban J connectivity index is 0.00000289. The Morgan fingerprint density at radius 1 is 1.33 bits per heavy atom. The Morgan fingerprint density at radius 2 is 1.89 bits per heavy atom. The predicted octanol–water partition coefficient (Wildman–Crippen LogP) is 4.02. The average molecular weight is 333 g/mol. The van der Waals surface area contributed by atoms with Crippen molar-refractivity contribution in [2.24, 2.45) is 5.73 Å². The van der Waals surface area contributed by atoms with Crippen molar-refractivity contribution >= 4 is 53.2 Å². The highest BCUT2D eigenvalue weighted by Crippen LogP contribution is 2.35. The summed E-state index contributed by atoms with van der Waals surface area (Å²) in [6.07, 6.45) is 0.00756. The quantitative estimate of drug-likeness (QED) is 0.669. The molecule has 0 aromatic heterocycles. The normalized spacial score (nSPS) is 11.6. The van der Waals surface area contributed by atoms with Gasteiger partial charge in [-0.25, -0.2) is 0 Å². The van der Waals surface area contributed by atoms with Gasteiger partial charge in [0.15, 0.2) is 0 Å². The van der Waals surface area contributed by atoms with Gasteiger partial charge in [-0.05, 0) is 19.1 Å². The largest absolute Gasteiger partial charge is 0.466 e. The van der Waals surface area contributed by atoms with Crippen molar-refractivity contribution in [1.29, 1.82) is 0 Å². The van der Waals surface area contributed by atoms with E-state index in [2.05, 4.69) is 0 Å². The first kappa shape index (κ1) is 17.8. The first-order valence-electron chi connectivity index (χ1n) is 5.02. The van der Waals surface area contributed by atoms with Crippen molar-refractivity contribution in [1.82, 2.24) is 0 Å². The molecule has 0 aliphatic rings. The van der Waals surface area contributed by atoms with Gasteiger partial charge in [-0.15, -0.1) is 12.4 Å². The number of hydrogen-bond acceptors (Lipinski definition) is 3. The summed E-state index contributed by atoms with van der Waals surface area (Å²) in [6.45, 7) is 2.03. The van der Waals surface area contributed by atoms with Crippen LogP contribution >= 0.6 is 47.2 Å². The smallest absolute Gasteiger partial charge is 0.307 e. The highest BCUT2D eigenvalue weighted by Gasteiger charge is 2.19. The minimum Gasteiger partial charge on any atom is -0.466 e. The molecule has 1 rings (SSSR count). The van der Waals surface area contributed by atoms with Crippen LogP contribution < -0.4 is 5.73 Å². The molecular formula is C11H13Cl4NO2. The van der Waals surface area contributed by atoms with E-state index in [4.69, 9.17) is 45.3 Å². The first-order chi connectivity index (χ1) is 7.97. The maximum absolute atomic E-state index is 11.3. The van der Waals surface area contributed by atoms with E-state index in [1.807, 2.05) is 0 Å². The van der Waals surface area contributed by atoms with Gasteiger partial charge >= 0.3 is 5.97 Å². The summed E-state index contributed by atoms with van der Waals surface area (Å²) in [5.74, 6) is -0.396. The van der Waals surface area contributed by atoms with Gasteiger partial charge in [-0.1, -0.05) is 34.8 Å². The molecular weight excluding hydrogens is 320 g/mol. The average Bonchev–Trinajstić information content (AvgIpc) is 2.24. The Kier molecular flexibility index (Phi) is 7.99. The lowest BCUT2D eigenvalue weighted by molar-refractivity contribution is -0.143. The van der Waals surface area contributed by atoms with Gasteiger partial charge in [-0.3, -0.25) is 4.79 Å². The van der Waals surface area contributed by atoms with Crippen LogP contribution in [0.2, 0.25) is 15.1 Å². The first-order valence-corrected chi connectivity index (χ1v) is 6.15. The van der Waals surface area contributed by atoms with Crippen LogP contribution in [0.5, 0.6) is 0 Å². The van der Waals surface area contributed by atoms with Crippen molar-refractivity contribution in [3.05, 3.63) is 32.8 Å². The van der Waals surface area contributed by atoms with E-state index in [-0.39, 0.29) is 23.9 Å². The van der Waals surface area contributed by atoms with Crippen LogP contribution in [0.1, 0.15) is 24.9 Å². The number of nitrogens with two attached hydrogens (primary N) is 1. The van der Waals surface area contributed by atoms with E-state index in [1.54, 1.807) is 19.1 Å². The summed E-state index contributed by atoms with van der Waals surface area (Å²) < 4.78 is 4.81. The molecule has 0 bridgehead atoms. The minimum atomic E-state index is -0.632. The summed E-state index contributed by atoms with van der Waals surface area (Å²) in [4.78, 5) is 11.3. The van der Waals surface area contributed by atoms with Crippen LogP contribution in [0.25, 0.3) is 0 Å². The highest BCUT2D eigenvalue weighted by molar-refractivity contribution is 6.44. The van der Waals surface area contributed by atoms with Gasteiger partial charge < -0.3 is 10.5 Å². The Hall–Kier alpha value is -0.190. The fourth-order valence-electron chi connectivity index (χ4n) is 1.38. The van der Waals surface area contributed by atoms with Crippen LogP contribution in [0.15, 0.2) is 12.1 Å². The molecule has 2 N–H and O–H groups in total. The molecule has 0 unspecified atom stereocenters. The van der Waals surface area contributed by atoms with Crippen LogP contribution in [-0.4, -0.2) is 12.6 Å². The second-order valence-corrected chi connectivity index (χ2v) is 4.56. The molecule has 3 nitrogen and oxygen atoms in total. The fourth-order valence-corrected chi connectivity index (χ4v) is 2.20. The SMILES string of the molecule is CCOC(=O)C[C@H](N)c1c(Cl)ccc(Cl)c1Cl.Cl. The van der Waals surface area contributed by atoms with E-state index in [0.717, 1.165) is 0 Å². The number of hydrogen-bond donors (Lipinski definition) is 1. The standard InChI is InChI=1S/C11H12Cl3NO2.ClH/c1-2-17-9(16)5-8(15)10-6(12)3-4-7(13)11(10)14;/h3-4,8H,2,5,15H2,1H3;1H/t8-;/m0./s1. The molecule has 1 aromatic rings. The molecule has 0 heterocycles. The molecule has 0 fully saturated rings. The molecule has 1 aromatic carbocycles. The van der Waals surface area contributed by atoms with Gasteiger partial charge in [0.1, 0.15) is 0 Å². The molecule has 0 saturated heterocycles. The van der Waals surface area contributed by atoms with Crippen molar-refractivity contribution < 1.29 is 9.53 Å². The van der Waals surface area contributed by atoms with E-state index in [1.165, 1.54) is 0 Å². The fraction of sp³-hybridized carbons (Fsp3) is 0.364. The molecule has 0 saturated carbocycles. The zero-order valence-electron chi connectivity index (χ0n) is 9.58. The third kappa shape index (κ3) is 4.48. The number of benzene rings is 1. The summed E-state index contributed by atoms with van der Waals surface area (Å²) in [5.41, 5.74) is 6.33. The molecule has 0 amide bonds. The zero-order valence-corrected chi connectivity index (χ0v) is 12.7. The summed E-state index contributed by atoms with van der Waals surface area (Å²) >= 11 is 17.9. The second kappa shape index (κ2) is 8.08. The Labute approximate surface area is 127 Å². The second-order valence-electron chi connectivity index (χ2n) is 3.37. The molecule has 1 atom stereocenters. The molecule has 7 heteroatoms. The van der Waals surface area contributed by atoms with Crippen LogP contribution in [0.4, 0.5) is 0 Å². The van der Waals surface area contributed by atoms with Crippen molar-refractivity contribution in [2.75, 3.05) is 6.61 Å². The van der Waals surface area contributed by atoms with Gasteiger partial charge in [0, 0.05) is 16.6 Å². The maximum atomic E-state index is 11.3. The molecule has 0 spiro atoms. The van der Waals surface area contributed by atoms with E-state index >= 15 is 0 Å². The van der Waals surface area contributed by atoms with Crippen LogP contribution in [-0.2, 0) is 9.53 Å². The number of esters is 1. The topological polar surface area (TPSA) is 52.3 Å². The molecule has 18 heavy (non-hydrogen) atoms. The van der Waals surface area contributed by atoms with E-state index in [0.29, 0.717) is 22.2 Å². The predicted molar refractivity (Wildman–Crippen MR) is 76.9 cm³/mol. The summed E-state index contributed by atoms with van der Waals surface area (Å²) in [6, 6.07) is 2.54. The van der Waals surface area contributed by atoms with Crippen molar-refractivity contribution in [2.45, 2.75) is 19.4 Å². The van der Waals surface area contributed by atoms with Crippen molar-refractivity contribution in [3.8, 4) is 0 Å². The van der Waals surface area contributed by atoms with E-state index < -0.39 is 12.0 Å². The molecule has 0 aliphatic carbocycles. The Morgan fingerprint density at radius 3 is 2.44 bits per heavy atom. The van der Waals surface area contributed by atoms with Crippen molar-refractivity contribution in [3.63, 3.8) is 0 Å². The van der Waals surface area contributed by atoms with Gasteiger partial charge in [-0.2, -0.15) is 0 Å². The zero-order chi connectivity index (χ0) is 13.0. The lowest BCUT2D eigenvalue weighted by atomic mass is 10.0. The monoisotopic (exact) mass is 331 g/mol. The van der Waals surface area contributed by atoms with E-state index in [9.17, 15) is 4.79 Å². The number of halogens is 4. The maximum Gasteiger partial charge on any atom is 0.307 e. The van der Waals surface area contributed by atoms with Crippen LogP contribution in [0, 0.1) is 0 Å². The third-order valence-electron chi connectivity index (χ3n) is 2.14. The lowest BCUT2D eigenvalue weighted by Crippen LogP contribution is -2.18. The Bertz CT molecular complexity index is 426. The number of carbonyl (C=O) groups excluding carboxylic acids is 1. The highest BCUT2D eigenvalue weighted by atomic mass is 35.5. The summed E-state index contributed by atoms with van der Waals surface area (Å²) in [7, 11) is 0. The molecule has 0 radical (unpaired) electrons. The van der Waals surface area contributed by atoms with Gasteiger partial charge in [0.05, 0.1) is 23.1 Å². The lowest BCUT2D eigenvalue weighted by Gasteiger charge is -2.15. The molecule has 0 aliphatic heterocycles. The van der Waals surface area contributed by atoms with Gasteiger partial charge in [0.25, 0.3) is 0 Å². The van der Waals surface area contributed by atoms with Crippen LogP contribution in [0.3, 0.4) is 0 Å². The number of ether oxygens (including phenoxy) is 1. The van der Waals surface area contributed by atoms with Gasteiger partial charge in [0.2, 0.25) is 0 Å². The number of rotatable bonds is 4. The number of carbonyl (C=O) groups is 1.